The molecule has 0 fully saturated rings. The molecule has 0 aliphatic heterocycles. The van der Waals surface area contributed by atoms with Crippen molar-refractivity contribution in [3.8, 4) is 11.5 Å². The number of aryl methyl sites for hydroxylation is 1. The maximum absolute atomic E-state index is 12.5. The molecule has 1 unspecified atom stereocenters. The third kappa shape index (κ3) is 2.81. The van der Waals surface area contributed by atoms with Gasteiger partial charge < -0.3 is 14.3 Å². The molecule has 1 aromatic carbocycles. The summed E-state index contributed by atoms with van der Waals surface area (Å²) >= 11 is 0. The van der Waals surface area contributed by atoms with Crippen LogP contribution >= 0.6 is 0 Å². The van der Waals surface area contributed by atoms with E-state index in [0.717, 1.165) is 0 Å². The highest BCUT2D eigenvalue weighted by atomic mass is 16.5. The van der Waals surface area contributed by atoms with Gasteiger partial charge in [-0.05, 0) is 13.0 Å². The SMILES string of the molecule is COc1ccccc1C(C)C(=O)c1c(O)cc(C)oc1=O. The Balaban J connectivity index is 2.48. The molecule has 0 aliphatic carbocycles. The molecule has 0 spiro atoms. The summed E-state index contributed by atoms with van der Waals surface area (Å²) < 4.78 is 10.1. The molecule has 1 N–H and O–H groups in total. The minimum atomic E-state index is -0.834. The minimum absolute atomic E-state index is 0.249. The quantitative estimate of drug-likeness (QED) is 0.875. The third-order valence-corrected chi connectivity index (χ3v) is 3.30. The van der Waals surface area contributed by atoms with Crippen LogP contribution < -0.4 is 10.4 Å². The van der Waals surface area contributed by atoms with E-state index in [9.17, 15) is 14.7 Å². The molecule has 0 saturated carbocycles. The molecule has 110 valence electrons. The number of hydrogen-bond acceptors (Lipinski definition) is 5. The zero-order valence-corrected chi connectivity index (χ0v) is 12.0. The van der Waals surface area contributed by atoms with Crippen LogP contribution in [-0.2, 0) is 0 Å². The van der Waals surface area contributed by atoms with E-state index in [1.807, 2.05) is 0 Å². The van der Waals surface area contributed by atoms with Gasteiger partial charge in [0.25, 0.3) is 0 Å². The van der Waals surface area contributed by atoms with Crippen molar-refractivity contribution in [3.05, 3.63) is 57.6 Å². The number of ether oxygens (including phenoxy) is 1. The van der Waals surface area contributed by atoms with Gasteiger partial charge in [0, 0.05) is 17.5 Å². The Morgan fingerprint density at radius 3 is 2.62 bits per heavy atom. The van der Waals surface area contributed by atoms with Crippen molar-refractivity contribution >= 4 is 5.78 Å². The van der Waals surface area contributed by atoms with Crippen LogP contribution in [0.25, 0.3) is 0 Å². The van der Waals surface area contributed by atoms with Gasteiger partial charge in [0.05, 0.1) is 7.11 Å². The monoisotopic (exact) mass is 288 g/mol. The highest BCUT2D eigenvalue weighted by Gasteiger charge is 2.26. The van der Waals surface area contributed by atoms with Gasteiger partial charge in [0.15, 0.2) is 5.78 Å². The van der Waals surface area contributed by atoms with Crippen LogP contribution in [0.1, 0.15) is 34.5 Å². The summed E-state index contributed by atoms with van der Waals surface area (Å²) in [5, 5.41) is 9.85. The van der Waals surface area contributed by atoms with Crippen molar-refractivity contribution in [2.75, 3.05) is 7.11 Å². The average Bonchev–Trinajstić information content (AvgIpc) is 2.45. The number of Topliss-reactive ketones (excluding diaryl/α,β-unsaturated/α-hetero) is 1. The molecule has 2 aromatic rings. The number of benzene rings is 1. The minimum Gasteiger partial charge on any atom is -0.507 e. The fourth-order valence-electron chi connectivity index (χ4n) is 2.20. The van der Waals surface area contributed by atoms with Gasteiger partial charge in [-0.2, -0.15) is 0 Å². The lowest BCUT2D eigenvalue weighted by Crippen LogP contribution is -2.19. The first-order chi connectivity index (χ1) is 9.95. The molecule has 0 amide bonds. The number of para-hydroxylation sites is 1. The second-order valence-corrected chi connectivity index (χ2v) is 4.73. The lowest BCUT2D eigenvalue weighted by Gasteiger charge is -2.14. The van der Waals surface area contributed by atoms with Crippen molar-refractivity contribution in [1.82, 2.24) is 0 Å². The van der Waals surface area contributed by atoms with Crippen LogP contribution in [-0.4, -0.2) is 18.0 Å². The van der Waals surface area contributed by atoms with Gasteiger partial charge in [-0.3, -0.25) is 4.79 Å². The van der Waals surface area contributed by atoms with Crippen LogP contribution in [0.2, 0.25) is 0 Å². The predicted octanol–water partition coefficient (Wildman–Crippen LogP) is 2.65. The van der Waals surface area contributed by atoms with Gasteiger partial charge >= 0.3 is 5.63 Å². The molecular weight excluding hydrogens is 272 g/mol. The molecule has 1 aromatic heterocycles. The Hall–Kier alpha value is -2.56. The highest BCUT2D eigenvalue weighted by Crippen LogP contribution is 2.30. The Labute approximate surface area is 121 Å². The Bertz CT molecular complexity index is 730. The summed E-state index contributed by atoms with van der Waals surface area (Å²) in [6.45, 7) is 3.18. The number of carbonyl (C=O) groups excluding carboxylic acids is 1. The van der Waals surface area contributed by atoms with E-state index in [-0.39, 0.29) is 17.1 Å². The molecule has 0 aliphatic rings. The largest absolute Gasteiger partial charge is 0.507 e. The molecule has 2 rings (SSSR count). The van der Waals surface area contributed by atoms with E-state index in [0.29, 0.717) is 11.3 Å². The second kappa shape index (κ2) is 5.83. The number of ketones is 1. The first kappa shape index (κ1) is 14.8. The molecule has 21 heavy (non-hydrogen) atoms. The molecule has 0 radical (unpaired) electrons. The normalized spacial score (nSPS) is 12.0. The summed E-state index contributed by atoms with van der Waals surface area (Å²) in [6, 6.07) is 8.30. The number of rotatable bonds is 4. The summed E-state index contributed by atoms with van der Waals surface area (Å²) in [6.07, 6.45) is 0. The Kier molecular flexibility index (Phi) is 4.12. The predicted molar refractivity (Wildman–Crippen MR) is 77.1 cm³/mol. The van der Waals surface area contributed by atoms with Crippen molar-refractivity contribution in [2.45, 2.75) is 19.8 Å². The maximum atomic E-state index is 12.5. The van der Waals surface area contributed by atoms with Crippen LogP contribution in [0.3, 0.4) is 0 Å². The third-order valence-electron chi connectivity index (χ3n) is 3.30. The standard InChI is InChI=1S/C16H16O5/c1-9-8-12(17)14(16(19)21-9)15(18)10(2)11-6-4-5-7-13(11)20-3/h4-8,10,17H,1-3H3. The Morgan fingerprint density at radius 2 is 2.00 bits per heavy atom. The summed E-state index contributed by atoms with van der Waals surface area (Å²) in [5.41, 5.74) is -0.525. The molecule has 5 heteroatoms. The maximum Gasteiger partial charge on any atom is 0.350 e. The van der Waals surface area contributed by atoms with Crippen molar-refractivity contribution in [2.24, 2.45) is 0 Å². The van der Waals surface area contributed by atoms with Gasteiger partial charge in [-0.1, -0.05) is 25.1 Å². The first-order valence-corrected chi connectivity index (χ1v) is 6.46. The number of methoxy groups -OCH3 is 1. The van der Waals surface area contributed by atoms with E-state index < -0.39 is 17.3 Å². The smallest absolute Gasteiger partial charge is 0.350 e. The fraction of sp³-hybridized carbons (Fsp3) is 0.250. The summed E-state index contributed by atoms with van der Waals surface area (Å²) in [4.78, 5) is 24.3. The second-order valence-electron chi connectivity index (χ2n) is 4.73. The van der Waals surface area contributed by atoms with Gasteiger partial charge in [0.1, 0.15) is 22.8 Å². The summed E-state index contributed by atoms with van der Waals surface area (Å²) in [5.74, 6) is -0.716. The number of hydrogen-bond donors (Lipinski definition) is 1. The molecule has 1 atom stereocenters. The van der Waals surface area contributed by atoms with Crippen LogP contribution in [0.15, 0.2) is 39.5 Å². The highest BCUT2D eigenvalue weighted by molar-refractivity contribution is 6.02. The van der Waals surface area contributed by atoms with Crippen molar-refractivity contribution < 1.29 is 19.1 Å². The average molecular weight is 288 g/mol. The van der Waals surface area contributed by atoms with Crippen molar-refractivity contribution in [1.29, 1.82) is 0 Å². The molecular formula is C16H16O5. The van der Waals surface area contributed by atoms with E-state index in [1.165, 1.54) is 20.1 Å². The molecule has 1 heterocycles. The lowest BCUT2D eigenvalue weighted by atomic mass is 9.92. The van der Waals surface area contributed by atoms with Gasteiger partial charge in [-0.15, -0.1) is 0 Å². The topological polar surface area (TPSA) is 76.7 Å². The van der Waals surface area contributed by atoms with E-state index in [4.69, 9.17) is 9.15 Å². The van der Waals surface area contributed by atoms with Crippen LogP contribution in [0.5, 0.6) is 11.5 Å². The first-order valence-electron chi connectivity index (χ1n) is 6.46. The fourth-order valence-corrected chi connectivity index (χ4v) is 2.20. The molecule has 0 bridgehead atoms. The zero-order valence-electron chi connectivity index (χ0n) is 12.0. The van der Waals surface area contributed by atoms with Gasteiger partial charge in [0.2, 0.25) is 0 Å². The summed E-state index contributed by atoms with van der Waals surface area (Å²) in [7, 11) is 1.51. The van der Waals surface area contributed by atoms with E-state index in [1.54, 1.807) is 31.2 Å². The number of carbonyl (C=O) groups is 1. The molecule has 0 saturated heterocycles. The zero-order chi connectivity index (χ0) is 15.6. The molecule has 5 nitrogen and oxygen atoms in total. The van der Waals surface area contributed by atoms with Crippen LogP contribution in [0, 0.1) is 6.92 Å². The number of aromatic hydroxyl groups is 1. The lowest BCUT2D eigenvalue weighted by molar-refractivity contribution is 0.0957. The van der Waals surface area contributed by atoms with E-state index in [2.05, 4.69) is 0 Å². The van der Waals surface area contributed by atoms with Gasteiger partial charge in [-0.25, -0.2) is 4.79 Å². The van der Waals surface area contributed by atoms with Crippen LogP contribution in [0.4, 0.5) is 0 Å². The van der Waals surface area contributed by atoms with E-state index >= 15 is 0 Å². The van der Waals surface area contributed by atoms with Crippen molar-refractivity contribution in [3.63, 3.8) is 0 Å². The Morgan fingerprint density at radius 1 is 1.33 bits per heavy atom.